The Hall–Kier alpha value is -3.52. The summed E-state index contributed by atoms with van der Waals surface area (Å²) in [5, 5.41) is 0.758. The zero-order valence-electron chi connectivity index (χ0n) is 21.3. The molecular formula is C29H29N4O3S+. The number of pyridine rings is 1. The number of imide groups is 1. The van der Waals surface area contributed by atoms with Gasteiger partial charge in [-0.05, 0) is 92.3 Å². The van der Waals surface area contributed by atoms with Gasteiger partial charge in [0.25, 0.3) is 5.56 Å². The van der Waals surface area contributed by atoms with E-state index in [0.29, 0.717) is 17.0 Å². The maximum atomic E-state index is 14.0. The van der Waals surface area contributed by atoms with Crippen LogP contribution in [0.2, 0.25) is 0 Å². The molecule has 0 saturated heterocycles. The summed E-state index contributed by atoms with van der Waals surface area (Å²) in [4.78, 5) is 48.2. The van der Waals surface area contributed by atoms with Crippen molar-refractivity contribution in [3.8, 4) is 0 Å². The molecule has 7 nitrogen and oxygen atoms in total. The fraction of sp³-hybridized carbons (Fsp3) is 0.345. The molecule has 2 aromatic heterocycles. The maximum Gasteiger partial charge on any atom is 0.506 e. The van der Waals surface area contributed by atoms with Crippen molar-refractivity contribution in [3.05, 3.63) is 85.8 Å². The molecule has 0 N–H and O–H groups in total. The number of nitrogens with zero attached hydrogens (tertiary/aromatic N) is 4. The molecule has 0 spiro atoms. The molecule has 37 heavy (non-hydrogen) atoms. The number of carbonyl (C=O) groups excluding carboxylic acids is 2. The van der Waals surface area contributed by atoms with Gasteiger partial charge < -0.3 is 0 Å². The van der Waals surface area contributed by atoms with Gasteiger partial charge in [-0.15, -0.1) is 4.90 Å². The number of amides is 3. The molecule has 188 valence electrons. The molecule has 1 unspecified atom stereocenters. The molecule has 6 rings (SSSR count). The van der Waals surface area contributed by atoms with Crippen molar-refractivity contribution < 1.29 is 14.2 Å². The van der Waals surface area contributed by atoms with Crippen LogP contribution in [0.25, 0.3) is 5.65 Å². The number of hydrogen-bond donors (Lipinski definition) is 0. The predicted octanol–water partition coefficient (Wildman–Crippen LogP) is 5.28. The van der Waals surface area contributed by atoms with E-state index in [-0.39, 0.29) is 18.0 Å². The molecule has 0 fully saturated rings. The standard InChI is InChI=1S/C29H29N4O3S/c1-17-12-13-21(14-18(17)2)33-27(35)26-22-9-5-4-6-10-23(22)37-28(26)31(29(33)36)16-20-15-25(34)32-19(3)8-7-11-24(32)30-20/h7-8,11-15,26H,4-6,9-10,16H2,1-3H3/q+1. The number of hydrogen-bond acceptors (Lipinski definition) is 5. The first-order valence-corrected chi connectivity index (χ1v) is 13.6. The molecule has 3 aromatic rings. The summed E-state index contributed by atoms with van der Waals surface area (Å²) in [6.45, 7) is 6.00. The Labute approximate surface area is 219 Å². The molecule has 0 radical (unpaired) electrons. The van der Waals surface area contributed by atoms with E-state index in [1.54, 1.807) is 26.8 Å². The number of urea groups is 1. The van der Waals surface area contributed by atoms with E-state index in [2.05, 4.69) is 0 Å². The minimum absolute atomic E-state index is 0.131. The highest BCUT2D eigenvalue weighted by atomic mass is 32.2. The van der Waals surface area contributed by atoms with Gasteiger partial charge in [-0.25, -0.2) is 9.78 Å². The maximum absolute atomic E-state index is 14.0. The van der Waals surface area contributed by atoms with Crippen molar-refractivity contribution >= 4 is 40.1 Å². The highest BCUT2D eigenvalue weighted by molar-refractivity contribution is 8.17. The van der Waals surface area contributed by atoms with E-state index in [0.717, 1.165) is 59.5 Å². The SMILES string of the molecule is Cc1ccc(N2C(=O)C3C4=C(CCCCC4)SC3=[N+](Cc3cc(=O)n4c(C)cccc4n3)C2=O)cc1C. The van der Waals surface area contributed by atoms with Crippen LogP contribution >= 0.6 is 11.8 Å². The summed E-state index contributed by atoms with van der Waals surface area (Å²) < 4.78 is 3.24. The second-order valence-corrected chi connectivity index (χ2v) is 11.3. The molecule has 3 amide bonds. The minimum Gasteiger partial charge on any atom is -0.269 e. The number of aromatic nitrogens is 2. The van der Waals surface area contributed by atoms with Crippen LogP contribution in [-0.2, 0) is 11.3 Å². The minimum atomic E-state index is -0.457. The average Bonchev–Trinajstić information content (AvgIpc) is 3.06. The quantitative estimate of drug-likeness (QED) is 0.446. The first-order chi connectivity index (χ1) is 17.8. The topological polar surface area (TPSA) is 74.8 Å². The summed E-state index contributed by atoms with van der Waals surface area (Å²) in [6.07, 6.45) is 5.11. The Kier molecular flexibility index (Phi) is 5.87. The monoisotopic (exact) mass is 513 g/mol. The molecule has 0 saturated carbocycles. The Morgan fingerprint density at radius 3 is 2.59 bits per heavy atom. The van der Waals surface area contributed by atoms with Crippen molar-refractivity contribution in [3.63, 3.8) is 0 Å². The van der Waals surface area contributed by atoms with Gasteiger partial charge in [-0.2, -0.15) is 9.37 Å². The van der Waals surface area contributed by atoms with E-state index < -0.39 is 11.9 Å². The lowest BCUT2D eigenvalue weighted by Crippen LogP contribution is -2.53. The number of anilines is 1. The van der Waals surface area contributed by atoms with Gasteiger partial charge in [-0.3, -0.25) is 9.20 Å². The largest absolute Gasteiger partial charge is 0.506 e. The number of rotatable bonds is 3. The van der Waals surface area contributed by atoms with Crippen molar-refractivity contribution in [2.45, 2.75) is 59.4 Å². The summed E-state index contributed by atoms with van der Waals surface area (Å²) >= 11 is 1.58. The second kappa shape index (κ2) is 9.10. The van der Waals surface area contributed by atoms with Gasteiger partial charge in [0.15, 0.2) is 11.0 Å². The smallest absolute Gasteiger partial charge is 0.269 e. The van der Waals surface area contributed by atoms with Crippen LogP contribution in [0, 0.1) is 26.7 Å². The van der Waals surface area contributed by atoms with Gasteiger partial charge in [0.2, 0.25) is 0 Å². The lowest BCUT2D eigenvalue weighted by atomic mass is 9.93. The highest BCUT2D eigenvalue weighted by Crippen LogP contribution is 2.47. The molecule has 8 heteroatoms. The lowest BCUT2D eigenvalue weighted by molar-refractivity contribution is -0.444. The van der Waals surface area contributed by atoms with Crippen LogP contribution in [-0.4, -0.2) is 30.9 Å². The number of allylic oxidation sites excluding steroid dienone is 1. The zero-order valence-corrected chi connectivity index (χ0v) is 22.1. The number of fused-ring (bicyclic) bond motifs is 3. The number of benzene rings is 1. The third-order valence-electron chi connectivity index (χ3n) is 7.69. The van der Waals surface area contributed by atoms with Gasteiger partial charge in [0.1, 0.15) is 17.9 Å². The van der Waals surface area contributed by atoms with Crippen LogP contribution < -0.4 is 10.5 Å². The number of carbonyl (C=O) groups is 2. The molecule has 3 aliphatic rings. The normalized spacial score (nSPS) is 20.0. The molecule has 1 aromatic carbocycles. The first kappa shape index (κ1) is 23.9. The molecule has 1 atom stereocenters. The van der Waals surface area contributed by atoms with E-state index in [4.69, 9.17) is 4.98 Å². The van der Waals surface area contributed by atoms with Crippen LogP contribution in [0.15, 0.2) is 57.7 Å². The van der Waals surface area contributed by atoms with E-state index >= 15 is 0 Å². The van der Waals surface area contributed by atoms with Gasteiger partial charge in [-0.1, -0.05) is 30.3 Å². The molecular weight excluding hydrogens is 484 g/mol. The number of thioether (sulfide) groups is 1. The molecule has 0 bridgehead atoms. The summed E-state index contributed by atoms with van der Waals surface area (Å²) in [5.41, 5.74) is 5.54. The van der Waals surface area contributed by atoms with Crippen molar-refractivity contribution in [1.29, 1.82) is 0 Å². The van der Waals surface area contributed by atoms with Gasteiger partial charge in [0.05, 0.1) is 5.69 Å². The Balaban J connectivity index is 1.49. The summed E-state index contributed by atoms with van der Waals surface area (Å²) in [7, 11) is 0. The summed E-state index contributed by atoms with van der Waals surface area (Å²) in [5.74, 6) is -0.637. The van der Waals surface area contributed by atoms with Crippen molar-refractivity contribution in [2.24, 2.45) is 5.92 Å². The Bertz CT molecular complexity index is 1620. The zero-order chi connectivity index (χ0) is 25.8. The van der Waals surface area contributed by atoms with Crippen LogP contribution in [0.3, 0.4) is 0 Å². The van der Waals surface area contributed by atoms with Gasteiger partial charge >= 0.3 is 11.9 Å². The fourth-order valence-corrected chi connectivity index (χ4v) is 7.06. The van der Waals surface area contributed by atoms with Crippen LogP contribution in [0.1, 0.15) is 54.6 Å². The van der Waals surface area contributed by atoms with Crippen molar-refractivity contribution in [2.75, 3.05) is 4.90 Å². The highest BCUT2D eigenvalue weighted by Gasteiger charge is 2.54. The van der Waals surface area contributed by atoms with Crippen LogP contribution in [0.5, 0.6) is 0 Å². The fourth-order valence-electron chi connectivity index (χ4n) is 5.59. The third kappa shape index (κ3) is 3.94. The first-order valence-electron chi connectivity index (χ1n) is 12.8. The van der Waals surface area contributed by atoms with E-state index in [1.165, 1.54) is 15.9 Å². The van der Waals surface area contributed by atoms with E-state index in [9.17, 15) is 14.4 Å². The summed E-state index contributed by atoms with van der Waals surface area (Å²) in [6, 6.07) is 12.3. The molecule has 4 heterocycles. The second-order valence-electron chi connectivity index (χ2n) is 10.1. The van der Waals surface area contributed by atoms with E-state index in [1.807, 2.05) is 51.1 Å². The predicted molar refractivity (Wildman–Crippen MR) is 145 cm³/mol. The number of aryl methyl sites for hydroxylation is 3. The van der Waals surface area contributed by atoms with Crippen molar-refractivity contribution in [1.82, 2.24) is 9.38 Å². The Morgan fingerprint density at radius 1 is 0.973 bits per heavy atom. The Morgan fingerprint density at radius 2 is 1.78 bits per heavy atom. The molecule has 1 aliphatic carbocycles. The lowest BCUT2D eigenvalue weighted by Gasteiger charge is -2.26. The molecule has 2 aliphatic heterocycles. The van der Waals surface area contributed by atoms with Crippen LogP contribution in [0.4, 0.5) is 10.5 Å². The average molecular weight is 514 g/mol. The van der Waals surface area contributed by atoms with Gasteiger partial charge in [0, 0.05) is 11.8 Å². The third-order valence-corrected chi connectivity index (χ3v) is 9.07.